The molecule has 0 unspecified atom stereocenters. The van der Waals surface area contributed by atoms with Gasteiger partial charge in [-0.05, 0) is 38.3 Å². The summed E-state index contributed by atoms with van der Waals surface area (Å²) >= 11 is 0. The third kappa shape index (κ3) is 1.59. The highest BCUT2D eigenvalue weighted by Crippen LogP contribution is 2.35. The molecule has 3 heteroatoms. The van der Waals surface area contributed by atoms with E-state index in [1.807, 2.05) is 12.1 Å². The van der Waals surface area contributed by atoms with Crippen LogP contribution in [0.4, 0.5) is 11.5 Å². The molecule has 0 amide bonds. The standard InChI is InChI=1S/C10H15N3/c1-10(5-3-6-10)13-8-4-2-7-12-9(8)11/h2,4,7,13H,3,5-6H2,1H3,(H2,11,12). The molecule has 3 nitrogen and oxygen atoms in total. The van der Waals surface area contributed by atoms with Crippen molar-refractivity contribution in [3.8, 4) is 0 Å². The summed E-state index contributed by atoms with van der Waals surface area (Å²) < 4.78 is 0. The van der Waals surface area contributed by atoms with E-state index in [0.29, 0.717) is 5.82 Å². The smallest absolute Gasteiger partial charge is 0.146 e. The number of hydrogen-bond acceptors (Lipinski definition) is 3. The van der Waals surface area contributed by atoms with Crippen molar-refractivity contribution in [1.29, 1.82) is 0 Å². The molecule has 0 saturated heterocycles. The fraction of sp³-hybridized carbons (Fsp3) is 0.500. The number of nitrogens with one attached hydrogen (secondary N) is 1. The van der Waals surface area contributed by atoms with Crippen molar-refractivity contribution in [1.82, 2.24) is 4.98 Å². The van der Waals surface area contributed by atoms with Crippen molar-refractivity contribution >= 4 is 11.5 Å². The molecular formula is C10H15N3. The zero-order chi connectivity index (χ0) is 9.31. The fourth-order valence-corrected chi connectivity index (χ4v) is 1.68. The van der Waals surface area contributed by atoms with Crippen LogP contribution in [0.5, 0.6) is 0 Å². The summed E-state index contributed by atoms with van der Waals surface area (Å²) in [5, 5.41) is 3.44. The Labute approximate surface area is 78.4 Å². The number of pyridine rings is 1. The number of rotatable bonds is 2. The lowest BCUT2D eigenvalue weighted by molar-refractivity contribution is 0.306. The maximum absolute atomic E-state index is 5.73. The molecular weight excluding hydrogens is 162 g/mol. The van der Waals surface area contributed by atoms with Crippen LogP contribution in [-0.2, 0) is 0 Å². The predicted octanol–water partition coefficient (Wildman–Crippen LogP) is 2.02. The Morgan fingerprint density at radius 3 is 2.85 bits per heavy atom. The van der Waals surface area contributed by atoms with Gasteiger partial charge in [-0.3, -0.25) is 0 Å². The molecule has 1 fully saturated rings. The van der Waals surface area contributed by atoms with Crippen LogP contribution in [0.15, 0.2) is 18.3 Å². The topological polar surface area (TPSA) is 50.9 Å². The van der Waals surface area contributed by atoms with Gasteiger partial charge in [-0.25, -0.2) is 4.98 Å². The maximum atomic E-state index is 5.73. The molecule has 2 rings (SSSR count). The minimum atomic E-state index is 0.247. The van der Waals surface area contributed by atoms with Crippen LogP contribution in [-0.4, -0.2) is 10.5 Å². The van der Waals surface area contributed by atoms with E-state index >= 15 is 0 Å². The van der Waals surface area contributed by atoms with Crippen molar-refractivity contribution in [2.75, 3.05) is 11.1 Å². The normalized spacial score (nSPS) is 19.2. The number of nitrogen functional groups attached to an aromatic ring is 1. The second kappa shape index (κ2) is 2.91. The average Bonchev–Trinajstić information content (AvgIpc) is 2.06. The number of aromatic nitrogens is 1. The van der Waals surface area contributed by atoms with Gasteiger partial charge >= 0.3 is 0 Å². The van der Waals surface area contributed by atoms with Crippen LogP contribution in [0.2, 0.25) is 0 Å². The molecule has 1 saturated carbocycles. The van der Waals surface area contributed by atoms with E-state index in [9.17, 15) is 0 Å². The van der Waals surface area contributed by atoms with Gasteiger partial charge in [0, 0.05) is 11.7 Å². The number of nitrogens with two attached hydrogens (primary N) is 1. The molecule has 0 aliphatic heterocycles. The van der Waals surface area contributed by atoms with Crippen LogP contribution in [0, 0.1) is 0 Å². The summed E-state index contributed by atoms with van der Waals surface area (Å²) in [4.78, 5) is 4.04. The van der Waals surface area contributed by atoms with Gasteiger partial charge in [-0.1, -0.05) is 0 Å². The van der Waals surface area contributed by atoms with Gasteiger partial charge < -0.3 is 11.1 Å². The highest BCUT2D eigenvalue weighted by molar-refractivity contribution is 5.62. The molecule has 1 aliphatic rings. The molecule has 0 spiro atoms. The zero-order valence-corrected chi connectivity index (χ0v) is 7.88. The van der Waals surface area contributed by atoms with Crippen molar-refractivity contribution < 1.29 is 0 Å². The summed E-state index contributed by atoms with van der Waals surface area (Å²) in [5.74, 6) is 0.593. The third-order valence-electron chi connectivity index (χ3n) is 2.73. The van der Waals surface area contributed by atoms with Crippen molar-refractivity contribution in [2.45, 2.75) is 31.7 Å². The Morgan fingerprint density at radius 1 is 1.54 bits per heavy atom. The lowest BCUT2D eigenvalue weighted by Gasteiger charge is -2.40. The summed E-state index contributed by atoms with van der Waals surface area (Å²) in [6.45, 7) is 2.23. The monoisotopic (exact) mass is 177 g/mol. The predicted molar refractivity (Wildman–Crippen MR) is 54.5 cm³/mol. The number of hydrogen-bond donors (Lipinski definition) is 2. The Balaban J connectivity index is 2.13. The van der Waals surface area contributed by atoms with E-state index in [1.165, 1.54) is 19.3 Å². The van der Waals surface area contributed by atoms with Gasteiger partial charge in [0.25, 0.3) is 0 Å². The van der Waals surface area contributed by atoms with Crippen molar-refractivity contribution in [3.63, 3.8) is 0 Å². The second-order valence-electron chi connectivity index (χ2n) is 3.98. The Morgan fingerprint density at radius 2 is 2.31 bits per heavy atom. The summed E-state index contributed by atoms with van der Waals surface area (Å²) in [5.41, 5.74) is 6.94. The maximum Gasteiger partial charge on any atom is 0.146 e. The van der Waals surface area contributed by atoms with Crippen LogP contribution in [0.25, 0.3) is 0 Å². The largest absolute Gasteiger partial charge is 0.382 e. The first-order valence-electron chi connectivity index (χ1n) is 4.68. The zero-order valence-electron chi connectivity index (χ0n) is 7.88. The van der Waals surface area contributed by atoms with Crippen LogP contribution >= 0.6 is 0 Å². The van der Waals surface area contributed by atoms with E-state index in [4.69, 9.17) is 5.73 Å². The second-order valence-corrected chi connectivity index (χ2v) is 3.98. The molecule has 0 aromatic carbocycles. The molecule has 0 radical (unpaired) electrons. The SMILES string of the molecule is CC1(Nc2cccnc2N)CCC1. The van der Waals surface area contributed by atoms with E-state index in [0.717, 1.165) is 5.69 Å². The van der Waals surface area contributed by atoms with Gasteiger partial charge in [0.05, 0.1) is 5.69 Å². The lowest BCUT2D eigenvalue weighted by Crippen LogP contribution is -2.41. The molecule has 1 aromatic heterocycles. The molecule has 3 N–H and O–H groups in total. The number of anilines is 2. The van der Waals surface area contributed by atoms with Gasteiger partial charge in [-0.15, -0.1) is 0 Å². The van der Waals surface area contributed by atoms with Gasteiger partial charge in [0.15, 0.2) is 0 Å². The summed E-state index contributed by atoms with van der Waals surface area (Å²) in [7, 11) is 0. The van der Waals surface area contributed by atoms with Crippen molar-refractivity contribution in [2.24, 2.45) is 0 Å². The molecule has 0 bridgehead atoms. The fourth-order valence-electron chi connectivity index (χ4n) is 1.68. The molecule has 0 atom stereocenters. The Hall–Kier alpha value is -1.25. The van der Waals surface area contributed by atoms with Gasteiger partial charge in [-0.2, -0.15) is 0 Å². The Bertz CT molecular complexity index is 305. The molecule has 13 heavy (non-hydrogen) atoms. The average molecular weight is 177 g/mol. The number of nitrogens with zero attached hydrogens (tertiary/aromatic N) is 1. The van der Waals surface area contributed by atoms with E-state index in [-0.39, 0.29) is 5.54 Å². The lowest BCUT2D eigenvalue weighted by atomic mass is 9.78. The molecule has 1 aromatic rings. The minimum absolute atomic E-state index is 0.247. The van der Waals surface area contributed by atoms with Gasteiger partial charge in [0.1, 0.15) is 5.82 Å². The first-order valence-corrected chi connectivity index (χ1v) is 4.68. The Kier molecular flexibility index (Phi) is 1.87. The molecule has 1 heterocycles. The minimum Gasteiger partial charge on any atom is -0.382 e. The van der Waals surface area contributed by atoms with E-state index in [1.54, 1.807) is 6.20 Å². The van der Waals surface area contributed by atoms with Crippen LogP contribution < -0.4 is 11.1 Å². The third-order valence-corrected chi connectivity index (χ3v) is 2.73. The van der Waals surface area contributed by atoms with Gasteiger partial charge in [0.2, 0.25) is 0 Å². The molecule has 70 valence electrons. The van der Waals surface area contributed by atoms with E-state index in [2.05, 4.69) is 17.2 Å². The van der Waals surface area contributed by atoms with E-state index < -0.39 is 0 Å². The summed E-state index contributed by atoms with van der Waals surface area (Å²) in [6.07, 6.45) is 5.47. The van der Waals surface area contributed by atoms with Crippen molar-refractivity contribution in [3.05, 3.63) is 18.3 Å². The quantitative estimate of drug-likeness (QED) is 0.726. The van der Waals surface area contributed by atoms with Crippen LogP contribution in [0.1, 0.15) is 26.2 Å². The first kappa shape index (κ1) is 8.35. The summed E-state index contributed by atoms with van der Waals surface area (Å²) in [6, 6.07) is 3.88. The molecule has 1 aliphatic carbocycles. The van der Waals surface area contributed by atoms with Crippen LogP contribution in [0.3, 0.4) is 0 Å². The first-order chi connectivity index (χ1) is 6.20. The highest BCUT2D eigenvalue weighted by atomic mass is 15.0. The highest BCUT2D eigenvalue weighted by Gasteiger charge is 2.31.